The van der Waals surface area contributed by atoms with E-state index in [2.05, 4.69) is 6.92 Å². The number of rotatable bonds is 23. The quantitative estimate of drug-likeness (QED) is 0.134. The second-order valence-electron chi connectivity index (χ2n) is 8.63. The first-order chi connectivity index (χ1) is 14.2. The molecular formula is C26H49FO2. The number of carboxylic acids is 1. The van der Waals surface area contributed by atoms with E-state index in [9.17, 15) is 14.3 Å². The largest absolute Gasteiger partial charge is 0.478 e. The molecule has 0 rings (SSSR count). The Morgan fingerprint density at radius 3 is 1.52 bits per heavy atom. The van der Waals surface area contributed by atoms with Crippen molar-refractivity contribution in [2.75, 3.05) is 6.67 Å². The van der Waals surface area contributed by atoms with Crippen LogP contribution in [0.4, 0.5) is 4.39 Å². The van der Waals surface area contributed by atoms with Crippen molar-refractivity contribution in [3.63, 3.8) is 0 Å². The highest BCUT2D eigenvalue weighted by Gasteiger charge is 2.06. The number of carboxylic acid groups (broad SMARTS) is 1. The van der Waals surface area contributed by atoms with Crippen LogP contribution >= 0.6 is 0 Å². The lowest BCUT2D eigenvalue weighted by atomic mass is 10.0. The number of alkyl halides is 1. The molecule has 0 bridgehead atoms. The average molecular weight is 413 g/mol. The number of unbranched alkanes of at least 4 members (excludes halogenated alkanes) is 18. The highest BCUT2D eigenvalue weighted by Crippen LogP contribution is 2.16. The fourth-order valence-electron chi connectivity index (χ4n) is 3.85. The Morgan fingerprint density at radius 1 is 0.655 bits per heavy atom. The van der Waals surface area contributed by atoms with Crippen molar-refractivity contribution < 1.29 is 14.3 Å². The molecule has 2 nitrogen and oxygen atoms in total. The van der Waals surface area contributed by atoms with Crippen molar-refractivity contribution in [3.05, 3.63) is 11.6 Å². The van der Waals surface area contributed by atoms with E-state index in [0.29, 0.717) is 18.4 Å². The monoisotopic (exact) mass is 412 g/mol. The molecule has 0 unspecified atom stereocenters. The maximum absolute atomic E-state index is 12.0. The van der Waals surface area contributed by atoms with Crippen LogP contribution in [0.2, 0.25) is 0 Å². The van der Waals surface area contributed by atoms with Crippen LogP contribution in [0.25, 0.3) is 0 Å². The summed E-state index contributed by atoms with van der Waals surface area (Å²) in [6.45, 7) is 2.05. The van der Waals surface area contributed by atoms with Crippen LogP contribution in [-0.4, -0.2) is 17.8 Å². The molecule has 0 aromatic heterocycles. The van der Waals surface area contributed by atoms with Gasteiger partial charge in [-0.05, 0) is 32.1 Å². The molecule has 0 spiro atoms. The Morgan fingerprint density at radius 2 is 1.07 bits per heavy atom. The van der Waals surface area contributed by atoms with Gasteiger partial charge in [-0.3, -0.25) is 4.39 Å². The van der Waals surface area contributed by atoms with Crippen LogP contribution in [0.15, 0.2) is 11.6 Å². The van der Waals surface area contributed by atoms with Gasteiger partial charge in [-0.1, -0.05) is 116 Å². The third-order valence-electron chi connectivity index (χ3n) is 5.80. The van der Waals surface area contributed by atoms with E-state index in [1.54, 1.807) is 0 Å². The van der Waals surface area contributed by atoms with E-state index in [-0.39, 0.29) is 6.67 Å². The van der Waals surface area contributed by atoms with Gasteiger partial charge >= 0.3 is 5.97 Å². The van der Waals surface area contributed by atoms with Gasteiger partial charge in [0.25, 0.3) is 0 Å². The first-order valence-electron chi connectivity index (χ1n) is 12.7. The zero-order valence-electron chi connectivity index (χ0n) is 19.4. The van der Waals surface area contributed by atoms with Crippen molar-refractivity contribution in [3.8, 4) is 0 Å². The Bertz CT molecular complexity index is 379. The third-order valence-corrected chi connectivity index (χ3v) is 5.80. The topological polar surface area (TPSA) is 37.3 Å². The van der Waals surface area contributed by atoms with Gasteiger partial charge in [-0.15, -0.1) is 0 Å². The van der Waals surface area contributed by atoms with Crippen LogP contribution < -0.4 is 0 Å². The SMILES string of the molecule is CCCCCCCCCCCCCCCC=C(CCCCCCCCF)C(=O)O. The number of carbonyl (C=O) groups is 1. The number of allylic oxidation sites excluding steroid dienone is 1. The summed E-state index contributed by atoms with van der Waals surface area (Å²) in [6.07, 6.45) is 26.7. The Kier molecular flexibility index (Phi) is 22.7. The molecule has 0 aliphatic carbocycles. The molecule has 0 saturated carbocycles. The van der Waals surface area contributed by atoms with Gasteiger partial charge < -0.3 is 5.11 Å². The minimum atomic E-state index is -0.753. The summed E-state index contributed by atoms with van der Waals surface area (Å²) in [5.41, 5.74) is 0.590. The van der Waals surface area contributed by atoms with Gasteiger partial charge in [0.05, 0.1) is 6.67 Å². The number of aliphatic carboxylic acids is 1. The maximum atomic E-state index is 12.0. The highest BCUT2D eigenvalue weighted by molar-refractivity contribution is 5.86. The molecule has 0 fully saturated rings. The van der Waals surface area contributed by atoms with E-state index in [1.807, 2.05) is 6.08 Å². The summed E-state index contributed by atoms with van der Waals surface area (Å²) in [4.78, 5) is 11.4. The second-order valence-corrected chi connectivity index (χ2v) is 8.63. The fraction of sp³-hybridized carbons (Fsp3) is 0.885. The summed E-state index contributed by atoms with van der Waals surface area (Å²) in [5.74, 6) is -0.753. The van der Waals surface area contributed by atoms with Gasteiger partial charge in [0.1, 0.15) is 0 Å². The standard InChI is InChI=1S/C26H49FO2/c1-2-3-4-5-6-7-8-9-10-11-12-13-16-19-22-25(26(28)29)23-20-17-14-15-18-21-24-27/h22H,2-21,23-24H2,1H3,(H,28,29). The van der Waals surface area contributed by atoms with Crippen molar-refractivity contribution in [2.24, 2.45) is 0 Å². The molecule has 0 aliphatic rings. The number of hydrogen-bond acceptors (Lipinski definition) is 1. The first kappa shape index (κ1) is 28.1. The molecule has 0 aliphatic heterocycles. The smallest absolute Gasteiger partial charge is 0.331 e. The van der Waals surface area contributed by atoms with Crippen LogP contribution in [-0.2, 0) is 4.79 Å². The summed E-state index contributed by atoms with van der Waals surface area (Å²) < 4.78 is 12.0. The molecule has 0 atom stereocenters. The zero-order valence-corrected chi connectivity index (χ0v) is 19.4. The van der Waals surface area contributed by atoms with E-state index < -0.39 is 5.97 Å². The maximum Gasteiger partial charge on any atom is 0.331 e. The Labute approximate surface area is 180 Å². The Balaban J connectivity index is 3.50. The molecule has 0 saturated heterocycles. The van der Waals surface area contributed by atoms with Crippen molar-refractivity contribution in [1.29, 1.82) is 0 Å². The van der Waals surface area contributed by atoms with Crippen molar-refractivity contribution in [2.45, 2.75) is 142 Å². The van der Waals surface area contributed by atoms with Crippen LogP contribution in [0.1, 0.15) is 142 Å². The highest BCUT2D eigenvalue weighted by atomic mass is 19.1. The summed E-state index contributed by atoms with van der Waals surface area (Å²) in [5, 5.41) is 9.34. The minimum absolute atomic E-state index is 0.217. The lowest BCUT2D eigenvalue weighted by Crippen LogP contribution is -2.00. The van der Waals surface area contributed by atoms with Gasteiger partial charge in [0.2, 0.25) is 0 Å². The van der Waals surface area contributed by atoms with Crippen LogP contribution in [0, 0.1) is 0 Å². The molecule has 0 aromatic carbocycles. The van der Waals surface area contributed by atoms with E-state index in [0.717, 1.165) is 44.9 Å². The van der Waals surface area contributed by atoms with E-state index in [4.69, 9.17) is 0 Å². The van der Waals surface area contributed by atoms with Crippen molar-refractivity contribution >= 4 is 5.97 Å². The molecule has 29 heavy (non-hydrogen) atoms. The molecule has 1 N–H and O–H groups in total. The molecule has 0 aromatic rings. The average Bonchev–Trinajstić information content (AvgIpc) is 2.71. The van der Waals surface area contributed by atoms with Crippen LogP contribution in [0.3, 0.4) is 0 Å². The van der Waals surface area contributed by atoms with Gasteiger partial charge in [0.15, 0.2) is 0 Å². The number of halogens is 1. The molecule has 0 radical (unpaired) electrons. The summed E-state index contributed by atoms with van der Waals surface area (Å²) >= 11 is 0. The molecule has 0 heterocycles. The van der Waals surface area contributed by atoms with Crippen molar-refractivity contribution in [1.82, 2.24) is 0 Å². The fourth-order valence-corrected chi connectivity index (χ4v) is 3.85. The van der Waals surface area contributed by atoms with Gasteiger partial charge in [0, 0.05) is 5.57 Å². The van der Waals surface area contributed by atoms with E-state index >= 15 is 0 Å². The lowest BCUT2D eigenvalue weighted by molar-refractivity contribution is -0.132. The predicted octanol–water partition coefficient (Wildman–Crippen LogP) is 9.18. The first-order valence-corrected chi connectivity index (χ1v) is 12.7. The summed E-state index contributed by atoms with van der Waals surface area (Å²) in [6, 6.07) is 0. The zero-order chi connectivity index (χ0) is 21.4. The van der Waals surface area contributed by atoms with Gasteiger partial charge in [-0.25, -0.2) is 4.79 Å². The van der Waals surface area contributed by atoms with Gasteiger partial charge in [-0.2, -0.15) is 0 Å². The summed E-state index contributed by atoms with van der Waals surface area (Å²) in [7, 11) is 0. The lowest BCUT2D eigenvalue weighted by Gasteiger charge is -2.04. The second kappa shape index (κ2) is 23.4. The van der Waals surface area contributed by atoms with Crippen LogP contribution in [0.5, 0.6) is 0 Å². The molecule has 3 heteroatoms. The number of hydrogen-bond donors (Lipinski definition) is 1. The molecule has 172 valence electrons. The molecular weight excluding hydrogens is 363 g/mol. The Hall–Kier alpha value is -0.860. The molecule has 0 amide bonds. The van der Waals surface area contributed by atoms with E-state index in [1.165, 1.54) is 77.0 Å². The normalized spacial score (nSPS) is 11.9. The predicted molar refractivity (Wildman–Crippen MR) is 124 cm³/mol. The third kappa shape index (κ3) is 21.7. The minimum Gasteiger partial charge on any atom is -0.478 e.